The number of rotatable bonds is 7. The number of carbonyl (C=O) groups excluding carboxylic acids is 1. The number of sulfonamides is 1. The first kappa shape index (κ1) is 22.3. The van der Waals surface area contributed by atoms with Crippen molar-refractivity contribution in [3.05, 3.63) is 64.6 Å². The first-order chi connectivity index (χ1) is 14.1. The average molecular weight is 471 g/mol. The lowest BCUT2D eigenvalue weighted by atomic mass is 10.1. The third kappa shape index (κ3) is 5.42. The molecule has 2 N–H and O–H groups in total. The number of benzene rings is 2. The number of nitrogens with two attached hydrogens (primary N) is 1. The second-order valence-electron chi connectivity index (χ2n) is 6.19. The zero-order valence-corrected chi connectivity index (χ0v) is 17.8. The van der Waals surface area contributed by atoms with E-state index in [1.54, 1.807) is 30.3 Å². The first-order valence-electron chi connectivity index (χ1n) is 8.56. The number of thiocarbonyl (C=S) groups is 1. The predicted octanol–water partition coefficient (Wildman–Crippen LogP) is 3.38. The zero-order chi connectivity index (χ0) is 21.9. The van der Waals surface area contributed by atoms with Crippen molar-refractivity contribution in [1.29, 1.82) is 0 Å². The molecule has 1 saturated heterocycles. The molecule has 2 aromatic carbocycles. The molecule has 3 rings (SSSR count). The number of primary sulfonamides is 1. The van der Waals surface area contributed by atoms with Crippen LogP contribution in [-0.4, -0.2) is 36.7 Å². The van der Waals surface area contributed by atoms with E-state index in [1.165, 1.54) is 29.2 Å². The molecular formula is C19H16F2N2O4S3. The zero-order valence-electron chi connectivity index (χ0n) is 15.3. The van der Waals surface area contributed by atoms with Gasteiger partial charge in [0.25, 0.3) is 5.91 Å². The van der Waals surface area contributed by atoms with Gasteiger partial charge in [0.15, 0.2) is 0 Å². The quantitative estimate of drug-likeness (QED) is 0.493. The second-order valence-corrected chi connectivity index (χ2v) is 9.43. The van der Waals surface area contributed by atoms with Gasteiger partial charge in [-0.25, -0.2) is 13.6 Å². The lowest BCUT2D eigenvalue weighted by Gasteiger charge is -2.14. The van der Waals surface area contributed by atoms with E-state index in [-0.39, 0.29) is 23.1 Å². The Bertz CT molecular complexity index is 1100. The fourth-order valence-corrected chi connectivity index (χ4v) is 4.54. The van der Waals surface area contributed by atoms with Crippen LogP contribution >= 0.6 is 24.0 Å². The number of ether oxygens (including phenoxy) is 1. The number of carbonyl (C=O) groups is 1. The van der Waals surface area contributed by atoms with Crippen molar-refractivity contribution < 1.29 is 26.7 Å². The van der Waals surface area contributed by atoms with Crippen LogP contribution in [0.4, 0.5) is 8.78 Å². The van der Waals surface area contributed by atoms with Crippen LogP contribution in [0.5, 0.6) is 5.75 Å². The van der Waals surface area contributed by atoms with Gasteiger partial charge in [-0.1, -0.05) is 54.3 Å². The Labute approximate surface area is 181 Å². The maximum atomic E-state index is 12.7. The maximum Gasteiger partial charge on any atom is 0.387 e. The van der Waals surface area contributed by atoms with Crippen LogP contribution in [0.15, 0.2) is 58.3 Å². The fourth-order valence-electron chi connectivity index (χ4n) is 2.72. The van der Waals surface area contributed by atoms with Crippen molar-refractivity contribution in [1.82, 2.24) is 4.90 Å². The van der Waals surface area contributed by atoms with Gasteiger partial charge in [-0.3, -0.25) is 9.69 Å². The van der Waals surface area contributed by atoms with Crippen LogP contribution in [0.2, 0.25) is 0 Å². The topological polar surface area (TPSA) is 89.7 Å². The number of halogens is 2. The highest BCUT2D eigenvalue weighted by Gasteiger charge is 2.32. The summed E-state index contributed by atoms with van der Waals surface area (Å²) >= 11 is 6.35. The van der Waals surface area contributed by atoms with Crippen LogP contribution < -0.4 is 9.88 Å². The van der Waals surface area contributed by atoms with Crippen LogP contribution in [0, 0.1) is 0 Å². The van der Waals surface area contributed by atoms with E-state index >= 15 is 0 Å². The first-order valence-corrected chi connectivity index (χ1v) is 11.3. The summed E-state index contributed by atoms with van der Waals surface area (Å²) in [7, 11) is -3.77. The van der Waals surface area contributed by atoms with Crippen molar-refractivity contribution in [3.63, 3.8) is 0 Å². The van der Waals surface area contributed by atoms with Crippen molar-refractivity contribution in [2.24, 2.45) is 5.14 Å². The normalized spacial score (nSPS) is 16.0. The second kappa shape index (κ2) is 9.21. The summed E-state index contributed by atoms with van der Waals surface area (Å²) in [6, 6.07) is 12.2. The van der Waals surface area contributed by atoms with Crippen molar-refractivity contribution >= 4 is 50.3 Å². The molecule has 6 nitrogen and oxygen atoms in total. The number of para-hydroxylation sites is 1. The fraction of sp³-hybridized carbons (Fsp3) is 0.158. The minimum Gasteiger partial charge on any atom is -0.434 e. The minimum absolute atomic E-state index is 0.00415. The number of amides is 1. The summed E-state index contributed by atoms with van der Waals surface area (Å²) in [5.41, 5.74) is 1.15. The highest BCUT2D eigenvalue weighted by atomic mass is 32.2. The van der Waals surface area contributed by atoms with Gasteiger partial charge in [-0.2, -0.15) is 8.78 Å². The molecule has 0 spiro atoms. The molecule has 0 unspecified atom stereocenters. The van der Waals surface area contributed by atoms with E-state index in [4.69, 9.17) is 17.4 Å². The maximum absolute atomic E-state index is 12.7. The Balaban J connectivity index is 1.72. The summed E-state index contributed by atoms with van der Waals surface area (Å²) in [5, 5.41) is 5.08. The average Bonchev–Trinajstić information content (AvgIpc) is 2.94. The molecule has 0 atom stereocenters. The van der Waals surface area contributed by atoms with Gasteiger partial charge in [0, 0.05) is 12.1 Å². The van der Waals surface area contributed by atoms with E-state index < -0.39 is 16.6 Å². The van der Waals surface area contributed by atoms with E-state index in [0.717, 1.165) is 17.3 Å². The number of nitrogens with zero attached hydrogens (tertiary/aromatic N) is 1. The molecule has 0 saturated carbocycles. The van der Waals surface area contributed by atoms with Gasteiger partial charge < -0.3 is 4.74 Å². The number of hydrogen-bond acceptors (Lipinski definition) is 6. The SMILES string of the molecule is NS(=O)(=O)c1ccc(CCN2C(=O)/C(=C/c3ccccc3OC(F)F)SC2=S)cc1. The van der Waals surface area contributed by atoms with E-state index in [2.05, 4.69) is 4.74 Å². The van der Waals surface area contributed by atoms with Crippen LogP contribution in [0.3, 0.4) is 0 Å². The van der Waals surface area contributed by atoms with Crippen LogP contribution in [0.25, 0.3) is 6.08 Å². The highest BCUT2D eigenvalue weighted by Crippen LogP contribution is 2.34. The Morgan fingerprint density at radius 2 is 1.83 bits per heavy atom. The highest BCUT2D eigenvalue weighted by molar-refractivity contribution is 8.26. The predicted molar refractivity (Wildman–Crippen MR) is 114 cm³/mol. The summed E-state index contributed by atoms with van der Waals surface area (Å²) in [6.45, 7) is -2.69. The molecule has 30 heavy (non-hydrogen) atoms. The third-order valence-corrected chi connectivity index (χ3v) is 6.48. The molecular weight excluding hydrogens is 454 g/mol. The molecule has 0 radical (unpaired) electrons. The van der Waals surface area contributed by atoms with Gasteiger partial charge in [-0.05, 0) is 36.3 Å². The Hall–Kier alpha value is -2.34. The summed E-state index contributed by atoms with van der Waals surface area (Å²) in [6.07, 6.45) is 1.91. The Morgan fingerprint density at radius 3 is 2.47 bits per heavy atom. The molecule has 2 aromatic rings. The summed E-state index contributed by atoms with van der Waals surface area (Å²) < 4.78 is 52.6. The molecule has 0 bridgehead atoms. The van der Waals surface area contributed by atoms with Gasteiger partial charge in [0.05, 0.1) is 9.80 Å². The summed E-state index contributed by atoms with van der Waals surface area (Å²) in [4.78, 5) is 14.4. The van der Waals surface area contributed by atoms with Crippen molar-refractivity contribution in [2.45, 2.75) is 17.9 Å². The standard InChI is InChI=1S/C19H16F2N2O4S3/c20-18(21)27-15-4-2-1-3-13(15)11-16-17(24)23(19(28)29-16)10-9-12-5-7-14(8-6-12)30(22,25)26/h1-8,11,18H,9-10H2,(H2,22,25,26)/b16-11-. The summed E-state index contributed by atoms with van der Waals surface area (Å²) in [5.74, 6) is -0.370. The van der Waals surface area contributed by atoms with Gasteiger partial charge in [0.2, 0.25) is 10.0 Å². The monoisotopic (exact) mass is 470 g/mol. The van der Waals surface area contributed by atoms with Gasteiger partial charge in [-0.15, -0.1) is 0 Å². The third-order valence-electron chi connectivity index (χ3n) is 4.17. The molecule has 1 amide bonds. The molecule has 158 valence electrons. The lowest BCUT2D eigenvalue weighted by Crippen LogP contribution is -2.30. The molecule has 1 fully saturated rings. The Morgan fingerprint density at radius 1 is 1.17 bits per heavy atom. The van der Waals surface area contributed by atoms with Crippen molar-refractivity contribution in [2.75, 3.05) is 6.54 Å². The molecule has 1 aliphatic rings. The van der Waals surface area contributed by atoms with Gasteiger partial charge in [0.1, 0.15) is 10.1 Å². The lowest BCUT2D eigenvalue weighted by molar-refractivity contribution is -0.122. The van der Waals surface area contributed by atoms with E-state index in [9.17, 15) is 22.0 Å². The van der Waals surface area contributed by atoms with Crippen LogP contribution in [-0.2, 0) is 21.2 Å². The number of hydrogen-bond donors (Lipinski definition) is 1. The van der Waals surface area contributed by atoms with Crippen LogP contribution in [0.1, 0.15) is 11.1 Å². The largest absolute Gasteiger partial charge is 0.434 e. The molecule has 0 aromatic heterocycles. The molecule has 1 heterocycles. The Kier molecular flexibility index (Phi) is 6.86. The molecule has 11 heteroatoms. The van der Waals surface area contributed by atoms with E-state index in [1.807, 2.05) is 0 Å². The van der Waals surface area contributed by atoms with E-state index in [0.29, 0.717) is 21.2 Å². The van der Waals surface area contributed by atoms with Gasteiger partial charge >= 0.3 is 6.61 Å². The number of thioether (sulfide) groups is 1. The molecule has 1 aliphatic heterocycles. The van der Waals surface area contributed by atoms with Crippen molar-refractivity contribution in [3.8, 4) is 5.75 Å². The smallest absolute Gasteiger partial charge is 0.387 e. The molecule has 0 aliphatic carbocycles. The minimum atomic E-state index is -3.77. The number of alkyl halides is 2.